The summed E-state index contributed by atoms with van der Waals surface area (Å²) in [6.45, 7) is 13.7. The fourth-order valence-electron chi connectivity index (χ4n) is 1.29. The standard InChI is InChI=1S/C14H22N4/c1-10-17-11(8-15)7-12(18-10)16-9-14(5,6)13(2,3)4/h7H,9H2,1-6H3,(H,16,17,18). The number of hydrogen-bond donors (Lipinski definition) is 1. The van der Waals surface area contributed by atoms with Crippen LogP contribution < -0.4 is 5.32 Å². The first-order valence-corrected chi connectivity index (χ1v) is 6.15. The van der Waals surface area contributed by atoms with Gasteiger partial charge in [-0.2, -0.15) is 5.26 Å². The van der Waals surface area contributed by atoms with E-state index < -0.39 is 0 Å². The third-order valence-corrected chi connectivity index (χ3v) is 3.69. The third-order valence-electron chi connectivity index (χ3n) is 3.69. The van der Waals surface area contributed by atoms with Gasteiger partial charge < -0.3 is 5.32 Å². The summed E-state index contributed by atoms with van der Waals surface area (Å²) in [5.41, 5.74) is 0.720. The predicted octanol–water partition coefficient (Wildman–Crippen LogP) is 3.14. The third kappa shape index (κ3) is 3.43. The van der Waals surface area contributed by atoms with Gasteiger partial charge in [-0.25, -0.2) is 9.97 Å². The van der Waals surface area contributed by atoms with Gasteiger partial charge in [-0.1, -0.05) is 34.6 Å². The molecule has 0 saturated heterocycles. The first-order valence-electron chi connectivity index (χ1n) is 6.15. The Labute approximate surface area is 109 Å². The number of nitrogens with zero attached hydrogens (tertiary/aromatic N) is 3. The summed E-state index contributed by atoms with van der Waals surface area (Å²) in [6.07, 6.45) is 0. The van der Waals surface area contributed by atoms with Crippen molar-refractivity contribution in [3.8, 4) is 6.07 Å². The van der Waals surface area contributed by atoms with Gasteiger partial charge in [0.25, 0.3) is 0 Å². The lowest BCUT2D eigenvalue weighted by Gasteiger charge is -2.39. The monoisotopic (exact) mass is 246 g/mol. The van der Waals surface area contributed by atoms with Crippen LogP contribution in [0.25, 0.3) is 0 Å². The van der Waals surface area contributed by atoms with E-state index in [-0.39, 0.29) is 10.8 Å². The van der Waals surface area contributed by atoms with Gasteiger partial charge in [0.2, 0.25) is 0 Å². The zero-order chi connectivity index (χ0) is 14.0. The van der Waals surface area contributed by atoms with Crippen LogP contribution in [0.4, 0.5) is 5.82 Å². The molecule has 1 aromatic rings. The molecule has 0 atom stereocenters. The average Bonchev–Trinajstić information content (AvgIpc) is 2.24. The van der Waals surface area contributed by atoms with Crippen molar-refractivity contribution in [2.45, 2.75) is 41.5 Å². The maximum absolute atomic E-state index is 8.88. The predicted molar refractivity (Wildman–Crippen MR) is 73.2 cm³/mol. The van der Waals surface area contributed by atoms with Crippen molar-refractivity contribution in [3.05, 3.63) is 17.6 Å². The second-order valence-electron chi connectivity index (χ2n) is 6.28. The highest BCUT2D eigenvalue weighted by Gasteiger charge is 2.32. The highest BCUT2D eigenvalue weighted by molar-refractivity contribution is 5.40. The molecule has 0 radical (unpaired) electrons. The lowest BCUT2D eigenvalue weighted by atomic mass is 9.69. The first-order chi connectivity index (χ1) is 8.15. The van der Waals surface area contributed by atoms with Crippen molar-refractivity contribution >= 4 is 5.82 Å². The summed E-state index contributed by atoms with van der Waals surface area (Å²) in [7, 11) is 0. The van der Waals surface area contributed by atoms with Crippen LogP contribution in [0, 0.1) is 29.1 Å². The molecule has 98 valence electrons. The van der Waals surface area contributed by atoms with Crippen molar-refractivity contribution in [2.75, 3.05) is 11.9 Å². The summed E-state index contributed by atoms with van der Waals surface area (Å²) in [5.74, 6) is 1.33. The first kappa shape index (κ1) is 14.4. The van der Waals surface area contributed by atoms with Gasteiger partial charge in [-0.3, -0.25) is 0 Å². The Morgan fingerprint density at radius 2 is 1.83 bits per heavy atom. The topological polar surface area (TPSA) is 61.6 Å². The minimum Gasteiger partial charge on any atom is -0.369 e. The molecule has 0 aliphatic carbocycles. The van der Waals surface area contributed by atoms with Gasteiger partial charge in [-0.05, 0) is 17.8 Å². The van der Waals surface area contributed by atoms with E-state index in [0.717, 1.165) is 12.4 Å². The zero-order valence-electron chi connectivity index (χ0n) is 12.1. The van der Waals surface area contributed by atoms with E-state index in [0.29, 0.717) is 11.5 Å². The van der Waals surface area contributed by atoms with Crippen LogP contribution in [0.15, 0.2) is 6.07 Å². The molecule has 0 spiro atoms. The number of aryl methyl sites for hydroxylation is 1. The normalized spacial score (nSPS) is 12.1. The van der Waals surface area contributed by atoms with Crippen LogP contribution in [-0.4, -0.2) is 16.5 Å². The molecule has 0 aliphatic rings. The molecular weight excluding hydrogens is 224 g/mol. The summed E-state index contributed by atoms with van der Waals surface area (Å²) in [4.78, 5) is 8.33. The Kier molecular flexibility index (Phi) is 3.95. The largest absolute Gasteiger partial charge is 0.369 e. The Balaban J connectivity index is 2.82. The summed E-state index contributed by atoms with van der Waals surface area (Å²) in [6, 6.07) is 3.73. The Morgan fingerprint density at radius 1 is 1.22 bits per heavy atom. The van der Waals surface area contributed by atoms with Gasteiger partial charge >= 0.3 is 0 Å². The molecule has 0 aromatic carbocycles. The van der Waals surface area contributed by atoms with Crippen LogP contribution in [0.3, 0.4) is 0 Å². The number of nitrogens with one attached hydrogen (secondary N) is 1. The van der Waals surface area contributed by atoms with E-state index in [2.05, 4.69) is 49.9 Å². The molecule has 0 unspecified atom stereocenters. The Bertz CT molecular complexity index is 464. The van der Waals surface area contributed by atoms with E-state index in [9.17, 15) is 0 Å². The van der Waals surface area contributed by atoms with E-state index in [1.165, 1.54) is 0 Å². The highest BCUT2D eigenvalue weighted by Crippen LogP contribution is 2.37. The van der Waals surface area contributed by atoms with Crippen LogP contribution in [-0.2, 0) is 0 Å². The van der Waals surface area contributed by atoms with Gasteiger partial charge in [0.1, 0.15) is 23.4 Å². The van der Waals surface area contributed by atoms with E-state index in [4.69, 9.17) is 5.26 Å². The molecule has 0 aliphatic heterocycles. The molecular formula is C14H22N4. The Morgan fingerprint density at radius 3 is 2.33 bits per heavy atom. The maximum atomic E-state index is 8.88. The number of aromatic nitrogens is 2. The average molecular weight is 246 g/mol. The minimum atomic E-state index is 0.124. The summed E-state index contributed by atoms with van der Waals surface area (Å²) in [5, 5.41) is 12.2. The van der Waals surface area contributed by atoms with Gasteiger partial charge in [0, 0.05) is 12.6 Å². The van der Waals surface area contributed by atoms with Crippen molar-refractivity contribution in [3.63, 3.8) is 0 Å². The molecule has 4 nitrogen and oxygen atoms in total. The van der Waals surface area contributed by atoms with Crippen molar-refractivity contribution in [1.82, 2.24) is 9.97 Å². The maximum Gasteiger partial charge on any atom is 0.146 e. The number of rotatable bonds is 3. The smallest absolute Gasteiger partial charge is 0.146 e. The minimum absolute atomic E-state index is 0.124. The van der Waals surface area contributed by atoms with E-state index >= 15 is 0 Å². The molecule has 0 fully saturated rings. The fraction of sp³-hybridized carbons (Fsp3) is 0.643. The molecule has 18 heavy (non-hydrogen) atoms. The van der Waals surface area contributed by atoms with Gasteiger partial charge in [0.15, 0.2) is 0 Å². The quantitative estimate of drug-likeness (QED) is 0.890. The lowest BCUT2D eigenvalue weighted by Crippen LogP contribution is -2.36. The molecule has 1 rings (SSSR count). The van der Waals surface area contributed by atoms with Crippen molar-refractivity contribution < 1.29 is 0 Å². The molecule has 1 aromatic heterocycles. The second-order valence-corrected chi connectivity index (χ2v) is 6.28. The molecule has 0 amide bonds. The van der Waals surface area contributed by atoms with E-state index in [1.807, 2.05) is 6.07 Å². The number of hydrogen-bond acceptors (Lipinski definition) is 4. The molecule has 0 bridgehead atoms. The zero-order valence-corrected chi connectivity index (χ0v) is 12.1. The van der Waals surface area contributed by atoms with Crippen LogP contribution in [0.5, 0.6) is 0 Å². The van der Waals surface area contributed by atoms with E-state index in [1.54, 1.807) is 13.0 Å². The number of anilines is 1. The molecule has 4 heteroatoms. The lowest BCUT2D eigenvalue weighted by molar-refractivity contribution is 0.148. The van der Waals surface area contributed by atoms with Crippen LogP contribution in [0.1, 0.15) is 46.1 Å². The van der Waals surface area contributed by atoms with Gasteiger partial charge in [-0.15, -0.1) is 0 Å². The van der Waals surface area contributed by atoms with Crippen molar-refractivity contribution in [1.29, 1.82) is 5.26 Å². The fourth-order valence-corrected chi connectivity index (χ4v) is 1.29. The SMILES string of the molecule is Cc1nc(C#N)cc(NCC(C)(C)C(C)(C)C)n1. The second kappa shape index (κ2) is 4.93. The van der Waals surface area contributed by atoms with Crippen LogP contribution >= 0.6 is 0 Å². The molecule has 0 saturated carbocycles. The molecule has 1 heterocycles. The Hall–Kier alpha value is -1.63. The van der Waals surface area contributed by atoms with Gasteiger partial charge in [0.05, 0.1) is 0 Å². The number of nitriles is 1. The highest BCUT2D eigenvalue weighted by atomic mass is 15.0. The van der Waals surface area contributed by atoms with Crippen molar-refractivity contribution in [2.24, 2.45) is 10.8 Å². The van der Waals surface area contributed by atoms with Crippen LogP contribution in [0.2, 0.25) is 0 Å². The summed E-state index contributed by atoms with van der Waals surface area (Å²) < 4.78 is 0. The summed E-state index contributed by atoms with van der Waals surface area (Å²) >= 11 is 0. The molecule has 1 N–H and O–H groups in total.